The zero-order valence-electron chi connectivity index (χ0n) is 21.5. The van der Waals surface area contributed by atoms with Gasteiger partial charge in [-0.05, 0) is 58.6 Å². The average Bonchev–Trinajstić information content (AvgIpc) is 3.30. The maximum atomic E-state index is 12.0. The molecule has 7 heteroatoms. The summed E-state index contributed by atoms with van der Waals surface area (Å²) in [5.41, 5.74) is 8.62. The number of rotatable bonds is 8. The Hall–Kier alpha value is -3.09. The van der Waals surface area contributed by atoms with E-state index in [1.165, 1.54) is 24.8 Å². The minimum absolute atomic E-state index is 0.123. The second kappa shape index (κ2) is 10.5. The average molecular weight is 466 g/mol. The molecule has 0 radical (unpaired) electrons. The molecule has 184 valence electrons. The quantitative estimate of drug-likeness (QED) is 0.229. The molecule has 0 fully saturated rings. The van der Waals surface area contributed by atoms with E-state index in [2.05, 4.69) is 52.6 Å². The van der Waals surface area contributed by atoms with Crippen LogP contribution in [0.25, 0.3) is 0 Å². The predicted molar refractivity (Wildman–Crippen MR) is 138 cm³/mol. The number of allylic oxidation sites excluding steroid dienone is 1. The molecule has 1 aromatic heterocycles. The van der Waals surface area contributed by atoms with Gasteiger partial charge in [0.1, 0.15) is 17.3 Å². The number of carbonyl (C=O) groups excluding carboxylic acids is 1. The molecule has 2 heterocycles. The number of aliphatic imine (C=N–C) groups is 1. The standard InChI is InChI=1S/C27H39N5O2/c1-7-9-10-11-22(8-2)27(6)19-32-23(16-17-29-32)31(27)18-20-12-14-21(15-13-20)24(28)30-25(33)34-26(3,4)5/h8,12-17H,7,9-11,18-19H2,1-6H3,(H2,28,30,33). The molecule has 1 atom stereocenters. The highest BCUT2D eigenvalue weighted by atomic mass is 16.6. The van der Waals surface area contributed by atoms with Crippen molar-refractivity contribution in [1.82, 2.24) is 9.78 Å². The number of nitrogens with zero attached hydrogens (tertiary/aromatic N) is 4. The van der Waals surface area contributed by atoms with E-state index in [9.17, 15) is 4.79 Å². The van der Waals surface area contributed by atoms with Crippen molar-refractivity contribution in [3.05, 3.63) is 59.3 Å². The van der Waals surface area contributed by atoms with Gasteiger partial charge in [0.25, 0.3) is 0 Å². The van der Waals surface area contributed by atoms with E-state index in [1.807, 2.05) is 30.5 Å². The molecule has 1 amide bonds. The first kappa shape index (κ1) is 25.5. The second-order valence-electron chi connectivity index (χ2n) is 10.2. The molecule has 3 rings (SSSR count). The summed E-state index contributed by atoms with van der Waals surface area (Å²) < 4.78 is 7.33. The summed E-state index contributed by atoms with van der Waals surface area (Å²) in [5.74, 6) is 1.28. The predicted octanol–water partition coefficient (Wildman–Crippen LogP) is 5.83. The number of aromatic nitrogens is 2. The zero-order valence-corrected chi connectivity index (χ0v) is 21.5. The Morgan fingerprint density at radius 1 is 1.24 bits per heavy atom. The molecular weight excluding hydrogens is 426 g/mol. The Labute approximate surface area is 203 Å². The highest BCUT2D eigenvalue weighted by Crippen LogP contribution is 2.41. The number of benzene rings is 1. The molecule has 0 saturated heterocycles. The largest absolute Gasteiger partial charge is 0.442 e. The molecule has 34 heavy (non-hydrogen) atoms. The van der Waals surface area contributed by atoms with Crippen LogP contribution < -0.4 is 10.6 Å². The first-order valence-corrected chi connectivity index (χ1v) is 12.2. The molecule has 2 N–H and O–H groups in total. The Kier molecular flexibility index (Phi) is 7.85. The smallest absolute Gasteiger partial charge is 0.436 e. The molecule has 0 aliphatic carbocycles. The lowest BCUT2D eigenvalue weighted by molar-refractivity contribution is 0.0604. The number of unbranched alkanes of at least 4 members (excludes halogenated alkanes) is 2. The lowest BCUT2D eigenvalue weighted by atomic mass is 9.86. The summed E-state index contributed by atoms with van der Waals surface area (Å²) >= 11 is 0. The van der Waals surface area contributed by atoms with Crippen LogP contribution in [0.1, 0.15) is 78.4 Å². The van der Waals surface area contributed by atoms with E-state index in [0.717, 1.165) is 30.9 Å². The molecule has 1 aliphatic heterocycles. The molecule has 0 saturated carbocycles. The number of fused-ring (bicyclic) bond motifs is 1. The number of anilines is 1. The van der Waals surface area contributed by atoms with Crippen molar-refractivity contribution in [1.29, 1.82) is 0 Å². The van der Waals surface area contributed by atoms with E-state index in [1.54, 1.807) is 20.8 Å². The third-order valence-corrected chi connectivity index (χ3v) is 6.31. The molecule has 0 bridgehead atoms. The topological polar surface area (TPSA) is 85.7 Å². The van der Waals surface area contributed by atoms with Gasteiger partial charge in [-0.2, -0.15) is 10.1 Å². The Balaban J connectivity index is 1.79. The lowest BCUT2D eigenvalue weighted by Crippen LogP contribution is -2.45. The number of ether oxygens (including phenoxy) is 1. The second-order valence-corrected chi connectivity index (χ2v) is 10.2. The summed E-state index contributed by atoms with van der Waals surface area (Å²) in [6.45, 7) is 13.7. The van der Waals surface area contributed by atoms with Gasteiger partial charge in [-0.3, -0.25) is 0 Å². The minimum atomic E-state index is -0.683. The SMILES string of the molecule is CC=C(CCCCC)C1(C)Cn2nccc2N1Cc1ccc(C(N)=NC(=O)OC(C)(C)C)cc1. The highest BCUT2D eigenvalue weighted by molar-refractivity contribution is 6.02. The van der Waals surface area contributed by atoms with Crippen LogP contribution in [0.3, 0.4) is 0 Å². The van der Waals surface area contributed by atoms with Crippen molar-refractivity contribution in [2.45, 2.75) is 91.5 Å². The van der Waals surface area contributed by atoms with Crippen molar-refractivity contribution >= 4 is 17.7 Å². The van der Waals surface area contributed by atoms with Gasteiger partial charge in [-0.25, -0.2) is 9.48 Å². The van der Waals surface area contributed by atoms with Gasteiger partial charge in [-0.15, -0.1) is 0 Å². The molecule has 7 nitrogen and oxygen atoms in total. The number of amidine groups is 1. The van der Waals surface area contributed by atoms with Gasteiger partial charge in [0.2, 0.25) is 0 Å². The van der Waals surface area contributed by atoms with Crippen LogP contribution in [0.2, 0.25) is 0 Å². The van der Waals surface area contributed by atoms with Crippen molar-refractivity contribution < 1.29 is 9.53 Å². The van der Waals surface area contributed by atoms with Crippen LogP contribution in [0.4, 0.5) is 10.6 Å². The third-order valence-electron chi connectivity index (χ3n) is 6.31. The van der Waals surface area contributed by atoms with Gasteiger partial charge >= 0.3 is 6.09 Å². The molecular formula is C27H39N5O2. The Bertz CT molecular complexity index is 1050. The van der Waals surface area contributed by atoms with Crippen LogP contribution in [-0.4, -0.2) is 32.8 Å². The maximum Gasteiger partial charge on any atom is 0.436 e. The Morgan fingerprint density at radius 3 is 2.56 bits per heavy atom. The lowest BCUT2D eigenvalue weighted by Gasteiger charge is -2.38. The Morgan fingerprint density at radius 2 is 1.94 bits per heavy atom. The zero-order chi connectivity index (χ0) is 24.9. The van der Waals surface area contributed by atoms with Crippen LogP contribution in [-0.2, 0) is 17.8 Å². The van der Waals surface area contributed by atoms with Crippen LogP contribution in [0.15, 0.2) is 53.2 Å². The van der Waals surface area contributed by atoms with E-state index >= 15 is 0 Å². The number of carbonyl (C=O) groups is 1. The number of hydrogen-bond donors (Lipinski definition) is 1. The highest BCUT2D eigenvalue weighted by Gasteiger charge is 2.42. The van der Waals surface area contributed by atoms with Gasteiger partial charge in [0.05, 0.1) is 18.3 Å². The summed E-state index contributed by atoms with van der Waals surface area (Å²) in [6, 6.07) is 9.98. The third kappa shape index (κ3) is 5.88. The fourth-order valence-electron chi connectivity index (χ4n) is 4.54. The minimum Gasteiger partial charge on any atom is -0.442 e. The van der Waals surface area contributed by atoms with Crippen LogP contribution >= 0.6 is 0 Å². The van der Waals surface area contributed by atoms with Gasteiger partial charge in [-0.1, -0.05) is 50.1 Å². The van der Waals surface area contributed by atoms with Crippen LogP contribution in [0, 0.1) is 0 Å². The van der Waals surface area contributed by atoms with E-state index < -0.39 is 11.7 Å². The first-order chi connectivity index (χ1) is 16.1. The number of hydrogen-bond acceptors (Lipinski definition) is 4. The first-order valence-electron chi connectivity index (χ1n) is 12.2. The fourth-order valence-corrected chi connectivity index (χ4v) is 4.54. The van der Waals surface area contributed by atoms with E-state index in [0.29, 0.717) is 5.56 Å². The van der Waals surface area contributed by atoms with E-state index in [4.69, 9.17) is 10.5 Å². The number of nitrogens with two attached hydrogens (primary N) is 1. The van der Waals surface area contributed by atoms with Gasteiger partial charge in [0, 0.05) is 18.2 Å². The normalized spacial score (nSPS) is 18.8. The van der Waals surface area contributed by atoms with Crippen molar-refractivity contribution in [2.24, 2.45) is 10.7 Å². The molecule has 2 aromatic rings. The summed E-state index contributed by atoms with van der Waals surface area (Å²) in [6.07, 6.45) is 8.22. The molecule has 1 aromatic carbocycles. The monoisotopic (exact) mass is 465 g/mol. The van der Waals surface area contributed by atoms with Crippen molar-refractivity contribution in [3.63, 3.8) is 0 Å². The fraction of sp³-hybridized carbons (Fsp3) is 0.519. The summed E-state index contributed by atoms with van der Waals surface area (Å²) in [7, 11) is 0. The molecule has 0 spiro atoms. The van der Waals surface area contributed by atoms with Crippen molar-refractivity contribution in [2.75, 3.05) is 4.90 Å². The van der Waals surface area contributed by atoms with E-state index in [-0.39, 0.29) is 11.4 Å². The molecule has 1 unspecified atom stereocenters. The summed E-state index contributed by atoms with van der Waals surface area (Å²) in [5, 5.41) is 4.56. The van der Waals surface area contributed by atoms with Crippen LogP contribution in [0.5, 0.6) is 0 Å². The number of amides is 1. The molecule has 1 aliphatic rings. The maximum absolute atomic E-state index is 12.0. The van der Waals surface area contributed by atoms with Crippen molar-refractivity contribution in [3.8, 4) is 0 Å². The van der Waals surface area contributed by atoms with Gasteiger partial charge < -0.3 is 15.4 Å². The summed E-state index contributed by atoms with van der Waals surface area (Å²) in [4.78, 5) is 18.3. The van der Waals surface area contributed by atoms with Gasteiger partial charge in [0.15, 0.2) is 0 Å².